The van der Waals surface area contributed by atoms with Gasteiger partial charge in [-0.15, -0.1) is 6.42 Å². The summed E-state index contributed by atoms with van der Waals surface area (Å²) < 4.78 is 0. The van der Waals surface area contributed by atoms with Gasteiger partial charge in [0.1, 0.15) is 0 Å². The van der Waals surface area contributed by atoms with E-state index in [0.29, 0.717) is 6.54 Å². The van der Waals surface area contributed by atoms with Gasteiger partial charge in [-0.05, 0) is 20.3 Å². The van der Waals surface area contributed by atoms with E-state index in [1.165, 1.54) is 19.3 Å². The molecule has 0 aromatic rings. The molecule has 0 aromatic carbocycles. The maximum atomic E-state index is 5.76. The summed E-state index contributed by atoms with van der Waals surface area (Å²) in [6.07, 6.45) is 10.2. The molecule has 0 aliphatic heterocycles. The third kappa shape index (κ3) is 5.26. The number of hydrogen-bond donors (Lipinski definition) is 2. The molecule has 0 saturated heterocycles. The second kappa shape index (κ2) is 6.86. The van der Waals surface area contributed by atoms with Crippen molar-refractivity contribution in [2.45, 2.75) is 58.0 Å². The second-order valence-corrected chi connectivity index (χ2v) is 4.25. The molecule has 82 valence electrons. The number of terminal acetylenes is 1. The van der Waals surface area contributed by atoms with Crippen molar-refractivity contribution >= 4 is 0 Å². The van der Waals surface area contributed by atoms with E-state index in [1.807, 2.05) is 6.92 Å². The average molecular weight is 196 g/mol. The zero-order valence-electron chi connectivity index (χ0n) is 9.77. The van der Waals surface area contributed by atoms with E-state index in [2.05, 4.69) is 25.1 Å². The number of nitrogens with one attached hydrogen (secondary N) is 1. The van der Waals surface area contributed by atoms with Crippen LogP contribution in [0.4, 0.5) is 0 Å². The molecule has 2 nitrogen and oxygen atoms in total. The van der Waals surface area contributed by atoms with Crippen LogP contribution in [0.3, 0.4) is 0 Å². The smallest absolute Gasteiger partial charge is 0.0662 e. The first kappa shape index (κ1) is 13.5. The van der Waals surface area contributed by atoms with Crippen LogP contribution >= 0.6 is 0 Å². The molecule has 0 spiro atoms. The second-order valence-electron chi connectivity index (χ2n) is 4.25. The van der Waals surface area contributed by atoms with Crippen molar-refractivity contribution in [1.82, 2.24) is 5.32 Å². The lowest BCUT2D eigenvalue weighted by Crippen LogP contribution is -2.51. The highest BCUT2D eigenvalue weighted by molar-refractivity contribution is 5.00. The number of unbranched alkanes of at least 4 members (excludes halogenated alkanes) is 2. The zero-order chi connectivity index (χ0) is 11.0. The first-order chi connectivity index (χ1) is 6.58. The van der Waals surface area contributed by atoms with Crippen molar-refractivity contribution < 1.29 is 0 Å². The normalized spacial score (nSPS) is 17.1. The van der Waals surface area contributed by atoms with Crippen molar-refractivity contribution in [3.8, 4) is 12.3 Å². The maximum absolute atomic E-state index is 5.76. The molecule has 0 radical (unpaired) electrons. The first-order valence-corrected chi connectivity index (χ1v) is 5.52. The van der Waals surface area contributed by atoms with Gasteiger partial charge in [-0.25, -0.2) is 0 Å². The van der Waals surface area contributed by atoms with E-state index in [4.69, 9.17) is 12.2 Å². The van der Waals surface area contributed by atoms with Crippen molar-refractivity contribution in [3.63, 3.8) is 0 Å². The van der Waals surface area contributed by atoms with Gasteiger partial charge in [0.2, 0.25) is 0 Å². The van der Waals surface area contributed by atoms with Crippen LogP contribution in [-0.4, -0.2) is 18.1 Å². The van der Waals surface area contributed by atoms with Gasteiger partial charge in [0.15, 0.2) is 0 Å². The van der Waals surface area contributed by atoms with Gasteiger partial charge in [-0.2, -0.15) is 0 Å². The van der Waals surface area contributed by atoms with Crippen LogP contribution in [0, 0.1) is 12.3 Å². The Morgan fingerprint density at radius 3 is 2.57 bits per heavy atom. The summed E-state index contributed by atoms with van der Waals surface area (Å²) in [5, 5.41) is 3.39. The molecule has 0 aliphatic carbocycles. The van der Waals surface area contributed by atoms with E-state index in [-0.39, 0.29) is 11.6 Å². The Balaban J connectivity index is 3.98. The summed E-state index contributed by atoms with van der Waals surface area (Å²) in [6.45, 7) is 6.99. The zero-order valence-corrected chi connectivity index (χ0v) is 9.77. The van der Waals surface area contributed by atoms with Crippen LogP contribution in [-0.2, 0) is 0 Å². The predicted octanol–water partition coefficient (Wildman–Crippen LogP) is 1.90. The van der Waals surface area contributed by atoms with Crippen LogP contribution in [0.5, 0.6) is 0 Å². The molecule has 0 amide bonds. The van der Waals surface area contributed by atoms with Gasteiger partial charge in [0.25, 0.3) is 0 Å². The first-order valence-electron chi connectivity index (χ1n) is 5.52. The molecule has 0 aromatic heterocycles. The molecule has 0 fully saturated rings. The summed E-state index contributed by atoms with van der Waals surface area (Å²) in [5.74, 6) is 2.68. The summed E-state index contributed by atoms with van der Waals surface area (Å²) >= 11 is 0. The third-order valence-electron chi connectivity index (χ3n) is 2.60. The molecule has 2 unspecified atom stereocenters. The molecule has 0 aliphatic rings. The van der Waals surface area contributed by atoms with Gasteiger partial charge >= 0.3 is 0 Å². The van der Waals surface area contributed by atoms with Crippen LogP contribution in [0.15, 0.2) is 0 Å². The lowest BCUT2D eigenvalue weighted by Gasteiger charge is -2.31. The molecule has 2 atom stereocenters. The standard InChI is InChI=1S/C12H24N2/c1-5-7-8-9-12(4,10-13)14-11(3)6-2/h2,11,14H,5,7-10,13H2,1,3-4H3. The third-order valence-corrected chi connectivity index (χ3v) is 2.60. The van der Waals surface area contributed by atoms with E-state index in [9.17, 15) is 0 Å². The van der Waals surface area contributed by atoms with E-state index in [0.717, 1.165) is 6.42 Å². The monoisotopic (exact) mass is 196 g/mol. The lowest BCUT2D eigenvalue weighted by atomic mass is 9.93. The van der Waals surface area contributed by atoms with E-state index in [1.54, 1.807) is 0 Å². The Morgan fingerprint density at radius 2 is 2.14 bits per heavy atom. The molecule has 0 bridgehead atoms. The predicted molar refractivity (Wildman–Crippen MR) is 63.0 cm³/mol. The molecule has 3 N–H and O–H groups in total. The Morgan fingerprint density at radius 1 is 1.50 bits per heavy atom. The fraction of sp³-hybridized carbons (Fsp3) is 0.833. The Hall–Kier alpha value is -0.520. The molecular weight excluding hydrogens is 172 g/mol. The van der Waals surface area contributed by atoms with Crippen molar-refractivity contribution in [2.75, 3.05) is 6.54 Å². The van der Waals surface area contributed by atoms with Crippen molar-refractivity contribution in [2.24, 2.45) is 5.73 Å². The topological polar surface area (TPSA) is 38.0 Å². The van der Waals surface area contributed by atoms with Gasteiger partial charge in [0, 0.05) is 12.1 Å². The van der Waals surface area contributed by atoms with E-state index < -0.39 is 0 Å². The number of rotatable bonds is 7. The molecule has 14 heavy (non-hydrogen) atoms. The van der Waals surface area contributed by atoms with Gasteiger partial charge < -0.3 is 5.73 Å². The lowest BCUT2D eigenvalue weighted by molar-refractivity contribution is 0.317. The van der Waals surface area contributed by atoms with Crippen molar-refractivity contribution in [3.05, 3.63) is 0 Å². The minimum atomic E-state index is 0.000949. The van der Waals surface area contributed by atoms with Crippen LogP contribution < -0.4 is 11.1 Å². The summed E-state index contributed by atoms with van der Waals surface area (Å²) in [7, 11) is 0. The summed E-state index contributed by atoms with van der Waals surface area (Å²) in [6, 6.07) is 0.102. The molecular formula is C12H24N2. The Labute approximate surface area is 88.6 Å². The minimum Gasteiger partial charge on any atom is -0.329 e. The van der Waals surface area contributed by atoms with Gasteiger partial charge in [-0.1, -0.05) is 32.1 Å². The Bertz CT molecular complexity index is 183. The molecule has 0 saturated carbocycles. The van der Waals surface area contributed by atoms with Crippen molar-refractivity contribution in [1.29, 1.82) is 0 Å². The maximum Gasteiger partial charge on any atom is 0.0662 e. The van der Waals surface area contributed by atoms with E-state index >= 15 is 0 Å². The van der Waals surface area contributed by atoms with Gasteiger partial charge in [0.05, 0.1) is 6.04 Å². The molecule has 2 heteroatoms. The average Bonchev–Trinajstić information content (AvgIpc) is 2.18. The minimum absolute atomic E-state index is 0.000949. The van der Waals surface area contributed by atoms with Crippen LogP contribution in [0.25, 0.3) is 0 Å². The number of nitrogens with two attached hydrogens (primary N) is 1. The number of hydrogen-bond acceptors (Lipinski definition) is 2. The highest BCUT2D eigenvalue weighted by atomic mass is 15.0. The van der Waals surface area contributed by atoms with Crippen LogP contribution in [0.2, 0.25) is 0 Å². The van der Waals surface area contributed by atoms with Crippen LogP contribution in [0.1, 0.15) is 46.5 Å². The molecule has 0 rings (SSSR count). The van der Waals surface area contributed by atoms with Gasteiger partial charge in [-0.3, -0.25) is 5.32 Å². The molecule has 0 heterocycles. The highest BCUT2D eigenvalue weighted by Gasteiger charge is 2.22. The SMILES string of the molecule is C#CC(C)NC(C)(CN)CCCCC. The highest BCUT2D eigenvalue weighted by Crippen LogP contribution is 2.14. The Kier molecular flexibility index (Phi) is 6.61. The quantitative estimate of drug-likeness (QED) is 0.482. The fourth-order valence-electron chi connectivity index (χ4n) is 1.56. The largest absolute Gasteiger partial charge is 0.329 e. The summed E-state index contributed by atoms with van der Waals surface area (Å²) in [4.78, 5) is 0. The summed E-state index contributed by atoms with van der Waals surface area (Å²) in [5.41, 5.74) is 5.76. The fourth-order valence-corrected chi connectivity index (χ4v) is 1.56.